The van der Waals surface area contributed by atoms with Gasteiger partial charge in [0.25, 0.3) is 0 Å². The predicted molar refractivity (Wildman–Crippen MR) is 87.3 cm³/mol. The second kappa shape index (κ2) is 5.90. The quantitative estimate of drug-likeness (QED) is 0.821. The van der Waals surface area contributed by atoms with Gasteiger partial charge in [-0.2, -0.15) is 0 Å². The zero-order valence-corrected chi connectivity index (χ0v) is 13.9. The summed E-state index contributed by atoms with van der Waals surface area (Å²) in [7, 11) is 0. The molecule has 1 amide bonds. The van der Waals surface area contributed by atoms with E-state index in [1.54, 1.807) is 11.8 Å². The molecule has 0 saturated heterocycles. The van der Waals surface area contributed by atoms with Gasteiger partial charge < -0.3 is 9.88 Å². The van der Waals surface area contributed by atoms with Gasteiger partial charge in [-0.1, -0.05) is 25.5 Å². The van der Waals surface area contributed by atoms with Crippen LogP contribution in [0.1, 0.15) is 45.4 Å². The Morgan fingerprint density at radius 3 is 2.95 bits per heavy atom. The van der Waals surface area contributed by atoms with Gasteiger partial charge >= 0.3 is 0 Å². The van der Waals surface area contributed by atoms with Crippen LogP contribution < -0.4 is 5.32 Å². The first-order chi connectivity index (χ1) is 10.5. The van der Waals surface area contributed by atoms with Gasteiger partial charge in [0.2, 0.25) is 5.91 Å². The van der Waals surface area contributed by atoms with Gasteiger partial charge in [-0.05, 0) is 43.4 Å². The number of rotatable bonds is 6. The third-order valence-electron chi connectivity index (χ3n) is 5.82. The Morgan fingerprint density at radius 1 is 1.50 bits per heavy atom. The molecular formula is C18H27N3O. The number of carbonyl (C=O) groups is 1. The fraction of sp³-hybridized carbons (Fsp3) is 0.667. The molecule has 1 N–H and O–H groups in total. The highest BCUT2D eigenvalue weighted by Crippen LogP contribution is 2.59. The Bertz CT molecular complexity index is 585. The van der Waals surface area contributed by atoms with Crippen molar-refractivity contribution in [1.82, 2.24) is 14.9 Å². The monoisotopic (exact) mass is 301 g/mol. The Hall–Kier alpha value is -1.58. The van der Waals surface area contributed by atoms with E-state index < -0.39 is 0 Å². The maximum atomic E-state index is 11.9. The lowest BCUT2D eigenvalue weighted by molar-refractivity contribution is -0.121. The van der Waals surface area contributed by atoms with Crippen LogP contribution >= 0.6 is 0 Å². The van der Waals surface area contributed by atoms with E-state index in [4.69, 9.17) is 0 Å². The third-order valence-corrected chi connectivity index (χ3v) is 5.82. The maximum absolute atomic E-state index is 11.9. The molecule has 1 saturated carbocycles. The smallest absolute Gasteiger partial charge is 0.221 e. The molecule has 2 atom stereocenters. The van der Waals surface area contributed by atoms with Crippen LogP contribution in [0, 0.1) is 24.2 Å². The molecule has 120 valence electrons. The highest BCUT2D eigenvalue weighted by Gasteiger charge is 2.50. The topological polar surface area (TPSA) is 46.9 Å². The van der Waals surface area contributed by atoms with E-state index >= 15 is 0 Å². The SMILES string of the molecule is Cc1nccn1CCC(=O)NCCC1=CC[C@H]2C[C@@H]1C2(C)C. The number of amides is 1. The molecular weight excluding hydrogens is 274 g/mol. The van der Waals surface area contributed by atoms with Gasteiger partial charge in [-0.15, -0.1) is 0 Å². The van der Waals surface area contributed by atoms with Crippen molar-refractivity contribution < 1.29 is 4.79 Å². The molecule has 1 aromatic rings. The van der Waals surface area contributed by atoms with Crippen LogP contribution in [0.15, 0.2) is 24.0 Å². The number of aromatic nitrogens is 2. The summed E-state index contributed by atoms with van der Waals surface area (Å²) < 4.78 is 2.01. The highest BCUT2D eigenvalue weighted by atomic mass is 16.1. The summed E-state index contributed by atoms with van der Waals surface area (Å²) in [6.45, 7) is 8.22. The van der Waals surface area contributed by atoms with Crippen LogP contribution in [-0.2, 0) is 11.3 Å². The molecule has 0 spiro atoms. The average molecular weight is 301 g/mol. The number of nitrogens with one attached hydrogen (secondary N) is 1. The van der Waals surface area contributed by atoms with Crippen LogP contribution in [0.25, 0.3) is 0 Å². The number of nitrogens with zero attached hydrogens (tertiary/aromatic N) is 2. The van der Waals surface area contributed by atoms with Crippen molar-refractivity contribution in [3.63, 3.8) is 0 Å². The van der Waals surface area contributed by atoms with Crippen LogP contribution in [0.2, 0.25) is 0 Å². The van der Waals surface area contributed by atoms with Crippen molar-refractivity contribution in [3.05, 3.63) is 29.9 Å². The van der Waals surface area contributed by atoms with Crippen molar-refractivity contribution in [3.8, 4) is 0 Å². The van der Waals surface area contributed by atoms with E-state index in [0.29, 0.717) is 18.4 Å². The van der Waals surface area contributed by atoms with Gasteiger partial charge in [-0.25, -0.2) is 4.98 Å². The van der Waals surface area contributed by atoms with Crippen molar-refractivity contribution >= 4 is 5.91 Å². The molecule has 22 heavy (non-hydrogen) atoms. The maximum Gasteiger partial charge on any atom is 0.221 e. The van der Waals surface area contributed by atoms with E-state index in [-0.39, 0.29) is 5.91 Å². The minimum atomic E-state index is 0.134. The Morgan fingerprint density at radius 2 is 2.32 bits per heavy atom. The summed E-state index contributed by atoms with van der Waals surface area (Å²) in [6.07, 6.45) is 10.2. The molecule has 1 fully saturated rings. The van der Waals surface area contributed by atoms with E-state index in [9.17, 15) is 4.79 Å². The summed E-state index contributed by atoms with van der Waals surface area (Å²) in [6, 6.07) is 0. The second-order valence-corrected chi connectivity index (χ2v) is 7.34. The van der Waals surface area contributed by atoms with Gasteiger partial charge in [-0.3, -0.25) is 4.79 Å². The first-order valence-electron chi connectivity index (χ1n) is 8.42. The summed E-state index contributed by atoms with van der Waals surface area (Å²) >= 11 is 0. The van der Waals surface area contributed by atoms with Gasteiger partial charge in [0.15, 0.2) is 0 Å². The number of imidazole rings is 1. The molecule has 2 bridgehead atoms. The molecule has 0 aliphatic heterocycles. The van der Waals surface area contributed by atoms with Crippen molar-refractivity contribution in [2.45, 2.75) is 53.0 Å². The minimum Gasteiger partial charge on any atom is -0.356 e. The van der Waals surface area contributed by atoms with Gasteiger partial charge in [0.05, 0.1) is 0 Å². The zero-order chi connectivity index (χ0) is 15.7. The molecule has 1 heterocycles. The fourth-order valence-corrected chi connectivity index (χ4v) is 4.05. The number of hydrogen-bond acceptors (Lipinski definition) is 2. The molecule has 4 rings (SSSR count). The average Bonchev–Trinajstić information content (AvgIpc) is 2.90. The second-order valence-electron chi connectivity index (χ2n) is 7.34. The first kappa shape index (κ1) is 15.3. The Labute approximate surface area is 133 Å². The lowest BCUT2D eigenvalue weighted by atomic mass is 9.48. The van der Waals surface area contributed by atoms with E-state index in [1.807, 2.05) is 17.7 Å². The standard InChI is InChI=1S/C18H27N3O/c1-13-19-9-11-21(13)10-7-17(22)20-8-6-14-4-5-15-12-16(14)18(15,2)3/h4,9,11,15-16H,5-8,10,12H2,1-3H3,(H,20,22)/t15-,16-/m0/s1. The lowest BCUT2D eigenvalue weighted by Gasteiger charge is -2.56. The minimum absolute atomic E-state index is 0.134. The number of fused-ring (bicyclic) bond motifs is 1. The molecule has 0 radical (unpaired) electrons. The Balaban J connectivity index is 1.39. The number of allylic oxidation sites excluding steroid dienone is 1. The van der Waals surface area contributed by atoms with Crippen LogP contribution in [-0.4, -0.2) is 22.0 Å². The summed E-state index contributed by atoms with van der Waals surface area (Å²) in [5, 5.41) is 3.06. The highest BCUT2D eigenvalue weighted by molar-refractivity contribution is 5.75. The third kappa shape index (κ3) is 2.83. The first-order valence-corrected chi connectivity index (χ1v) is 8.42. The molecule has 0 unspecified atom stereocenters. The van der Waals surface area contributed by atoms with Crippen molar-refractivity contribution in [2.24, 2.45) is 17.3 Å². The number of hydrogen-bond donors (Lipinski definition) is 1. The summed E-state index contributed by atoms with van der Waals surface area (Å²) in [4.78, 5) is 16.1. The predicted octanol–water partition coefficient (Wildman–Crippen LogP) is 3.08. The molecule has 0 aromatic carbocycles. The van der Waals surface area contributed by atoms with Gasteiger partial charge in [0, 0.05) is 31.9 Å². The fourth-order valence-electron chi connectivity index (χ4n) is 4.05. The number of aryl methyl sites for hydroxylation is 2. The molecule has 3 aliphatic carbocycles. The van der Waals surface area contributed by atoms with Crippen LogP contribution in [0.4, 0.5) is 0 Å². The molecule has 1 aromatic heterocycles. The molecule has 4 nitrogen and oxygen atoms in total. The number of carbonyl (C=O) groups excluding carboxylic acids is 1. The molecule has 4 heteroatoms. The summed E-state index contributed by atoms with van der Waals surface area (Å²) in [5.41, 5.74) is 2.05. The van der Waals surface area contributed by atoms with Gasteiger partial charge in [0.1, 0.15) is 5.82 Å². The largest absolute Gasteiger partial charge is 0.356 e. The normalized spacial score (nSPS) is 25.3. The van der Waals surface area contributed by atoms with E-state index in [1.165, 1.54) is 12.8 Å². The Kier molecular flexibility index (Phi) is 4.11. The van der Waals surface area contributed by atoms with Crippen molar-refractivity contribution in [2.75, 3.05) is 6.54 Å². The van der Waals surface area contributed by atoms with E-state index in [0.717, 1.165) is 30.6 Å². The summed E-state index contributed by atoms with van der Waals surface area (Å²) in [5.74, 6) is 2.73. The van der Waals surface area contributed by atoms with Crippen LogP contribution in [0.5, 0.6) is 0 Å². The zero-order valence-electron chi connectivity index (χ0n) is 13.9. The van der Waals surface area contributed by atoms with Crippen LogP contribution in [0.3, 0.4) is 0 Å². The van der Waals surface area contributed by atoms with E-state index in [2.05, 4.69) is 30.2 Å². The molecule has 3 aliphatic rings. The van der Waals surface area contributed by atoms with Crippen molar-refractivity contribution in [1.29, 1.82) is 0 Å². The lowest BCUT2D eigenvalue weighted by Crippen LogP contribution is -2.48.